The molecule has 3 unspecified atom stereocenters. The fraction of sp³-hybridized carbons (Fsp3) is 0.333. The first kappa shape index (κ1) is 14.5. The summed E-state index contributed by atoms with van der Waals surface area (Å²) in [4.78, 5) is 0. The molecule has 1 aliphatic carbocycles. The standard InChI is InChI=1S/C18H21NOS/c1-13-6-5-7-14(10-13)12-21(20)17-11-15-8-3-4-9-16(15)18(17)19-2/h3-10,17-19H,11-12H2,1-2H3. The SMILES string of the molecule is CNC1c2ccccc2CC1S(=O)Cc1cccc(C)c1. The van der Waals surface area contributed by atoms with Crippen molar-refractivity contribution >= 4 is 10.8 Å². The molecule has 0 saturated carbocycles. The highest BCUT2D eigenvalue weighted by atomic mass is 32.2. The zero-order valence-electron chi connectivity index (χ0n) is 12.5. The highest BCUT2D eigenvalue weighted by molar-refractivity contribution is 7.84. The van der Waals surface area contributed by atoms with E-state index in [2.05, 4.69) is 54.7 Å². The molecule has 0 bridgehead atoms. The Bertz CT molecular complexity index is 668. The van der Waals surface area contributed by atoms with Gasteiger partial charge in [0.1, 0.15) is 0 Å². The monoisotopic (exact) mass is 299 g/mol. The summed E-state index contributed by atoms with van der Waals surface area (Å²) in [5.74, 6) is 0.637. The van der Waals surface area contributed by atoms with Crippen LogP contribution < -0.4 is 5.32 Å². The lowest BCUT2D eigenvalue weighted by Gasteiger charge is -2.19. The Kier molecular flexibility index (Phi) is 4.22. The Morgan fingerprint density at radius 3 is 2.76 bits per heavy atom. The smallest absolute Gasteiger partial charge is 0.0586 e. The molecule has 0 aliphatic heterocycles. The second kappa shape index (κ2) is 6.12. The summed E-state index contributed by atoms with van der Waals surface area (Å²) in [5, 5.41) is 3.52. The maximum Gasteiger partial charge on any atom is 0.0586 e. The van der Waals surface area contributed by atoms with E-state index in [0.29, 0.717) is 5.75 Å². The number of aryl methyl sites for hydroxylation is 1. The molecular formula is C18H21NOS. The fourth-order valence-corrected chi connectivity index (χ4v) is 4.89. The topological polar surface area (TPSA) is 29.1 Å². The van der Waals surface area contributed by atoms with Crippen molar-refractivity contribution in [1.82, 2.24) is 5.32 Å². The molecular weight excluding hydrogens is 278 g/mol. The average Bonchev–Trinajstić information content (AvgIpc) is 2.86. The Balaban J connectivity index is 1.80. The Labute approximate surface area is 129 Å². The van der Waals surface area contributed by atoms with E-state index in [1.54, 1.807) is 0 Å². The number of fused-ring (bicyclic) bond motifs is 1. The van der Waals surface area contributed by atoms with Gasteiger partial charge in [0.15, 0.2) is 0 Å². The van der Waals surface area contributed by atoms with Gasteiger partial charge in [-0.1, -0.05) is 54.1 Å². The van der Waals surface area contributed by atoms with Crippen LogP contribution >= 0.6 is 0 Å². The normalized spacial score (nSPS) is 22.0. The van der Waals surface area contributed by atoms with E-state index in [-0.39, 0.29) is 11.3 Å². The molecule has 2 aromatic carbocycles. The van der Waals surface area contributed by atoms with Crippen LogP contribution in [0.15, 0.2) is 48.5 Å². The summed E-state index contributed by atoms with van der Waals surface area (Å²) in [5.41, 5.74) is 5.03. The van der Waals surface area contributed by atoms with Crippen LogP contribution in [0.1, 0.15) is 28.3 Å². The predicted molar refractivity (Wildman–Crippen MR) is 88.8 cm³/mol. The quantitative estimate of drug-likeness (QED) is 0.940. The van der Waals surface area contributed by atoms with Gasteiger partial charge in [0.2, 0.25) is 0 Å². The number of benzene rings is 2. The number of nitrogens with one attached hydrogen (secondary N) is 1. The van der Waals surface area contributed by atoms with Crippen molar-refractivity contribution in [2.45, 2.75) is 30.4 Å². The van der Waals surface area contributed by atoms with Gasteiger partial charge in [-0.3, -0.25) is 4.21 Å². The molecule has 0 radical (unpaired) electrons. The molecule has 1 N–H and O–H groups in total. The highest BCUT2D eigenvalue weighted by Crippen LogP contribution is 2.34. The van der Waals surface area contributed by atoms with E-state index in [4.69, 9.17) is 0 Å². The van der Waals surface area contributed by atoms with Crippen LogP contribution in [0.3, 0.4) is 0 Å². The van der Waals surface area contributed by atoms with Crippen molar-refractivity contribution in [2.24, 2.45) is 0 Å². The van der Waals surface area contributed by atoms with Gasteiger partial charge in [-0.05, 0) is 37.1 Å². The Morgan fingerprint density at radius 1 is 1.19 bits per heavy atom. The lowest BCUT2D eigenvalue weighted by atomic mass is 10.1. The van der Waals surface area contributed by atoms with Gasteiger partial charge in [0.25, 0.3) is 0 Å². The Hall–Kier alpha value is -1.45. The van der Waals surface area contributed by atoms with Crippen molar-refractivity contribution in [2.75, 3.05) is 7.05 Å². The highest BCUT2D eigenvalue weighted by Gasteiger charge is 2.34. The van der Waals surface area contributed by atoms with E-state index in [0.717, 1.165) is 6.42 Å². The van der Waals surface area contributed by atoms with Crippen molar-refractivity contribution < 1.29 is 4.21 Å². The molecule has 0 saturated heterocycles. The summed E-state index contributed by atoms with van der Waals surface area (Å²) >= 11 is 0. The number of hydrogen-bond acceptors (Lipinski definition) is 2. The van der Waals surface area contributed by atoms with Crippen LogP contribution in [0.25, 0.3) is 0 Å². The molecule has 3 rings (SSSR count). The number of hydrogen-bond donors (Lipinski definition) is 1. The molecule has 0 heterocycles. The van der Waals surface area contributed by atoms with Crippen LogP contribution in [0.5, 0.6) is 0 Å². The number of rotatable bonds is 4. The molecule has 1 aliphatic rings. The summed E-state index contributed by atoms with van der Waals surface area (Å²) in [6, 6.07) is 17.0. The first-order valence-electron chi connectivity index (χ1n) is 7.37. The Morgan fingerprint density at radius 2 is 2.00 bits per heavy atom. The van der Waals surface area contributed by atoms with Crippen LogP contribution in [0, 0.1) is 6.92 Å². The lowest BCUT2D eigenvalue weighted by Crippen LogP contribution is -2.30. The zero-order valence-corrected chi connectivity index (χ0v) is 13.3. The molecule has 2 aromatic rings. The van der Waals surface area contributed by atoms with Gasteiger partial charge in [-0.15, -0.1) is 0 Å². The summed E-state index contributed by atoms with van der Waals surface area (Å²) in [6.07, 6.45) is 0.903. The van der Waals surface area contributed by atoms with Gasteiger partial charge in [-0.2, -0.15) is 0 Å². The van der Waals surface area contributed by atoms with E-state index in [9.17, 15) is 4.21 Å². The maximum absolute atomic E-state index is 12.8. The second-order valence-electron chi connectivity index (χ2n) is 5.72. The lowest BCUT2D eigenvalue weighted by molar-refractivity contribution is 0.580. The van der Waals surface area contributed by atoms with E-state index >= 15 is 0 Å². The second-order valence-corrected chi connectivity index (χ2v) is 7.38. The maximum atomic E-state index is 12.8. The molecule has 3 atom stereocenters. The molecule has 110 valence electrons. The molecule has 21 heavy (non-hydrogen) atoms. The summed E-state index contributed by atoms with van der Waals surface area (Å²) in [7, 11) is 1.09. The minimum Gasteiger partial charge on any atom is -0.312 e. The molecule has 0 fully saturated rings. The van der Waals surface area contributed by atoms with Crippen molar-refractivity contribution in [1.29, 1.82) is 0 Å². The largest absolute Gasteiger partial charge is 0.312 e. The average molecular weight is 299 g/mol. The molecule has 0 amide bonds. The molecule has 3 heteroatoms. The van der Waals surface area contributed by atoms with Gasteiger partial charge in [-0.25, -0.2) is 0 Å². The van der Waals surface area contributed by atoms with Crippen molar-refractivity contribution in [3.8, 4) is 0 Å². The zero-order chi connectivity index (χ0) is 14.8. The molecule has 2 nitrogen and oxygen atoms in total. The minimum absolute atomic E-state index is 0.160. The van der Waals surface area contributed by atoms with Gasteiger partial charge in [0, 0.05) is 22.6 Å². The van der Waals surface area contributed by atoms with Crippen molar-refractivity contribution in [3.05, 3.63) is 70.8 Å². The third-order valence-corrected chi connectivity index (χ3v) is 5.96. The third kappa shape index (κ3) is 2.94. The summed E-state index contributed by atoms with van der Waals surface area (Å²) < 4.78 is 12.8. The molecule has 0 spiro atoms. The van der Waals surface area contributed by atoms with E-state index < -0.39 is 10.8 Å². The predicted octanol–water partition coefficient (Wildman–Crippen LogP) is 3.13. The van der Waals surface area contributed by atoms with Gasteiger partial charge in [0.05, 0.1) is 5.25 Å². The first-order valence-corrected chi connectivity index (χ1v) is 8.75. The molecule has 0 aromatic heterocycles. The fourth-order valence-electron chi connectivity index (χ4n) is 3.22. The van der Waals surface area contributed by atoms with Crippen LogP contribution in [0.4, 0.5) is 0 Å². The van der Waals surface area contributed by atoms with Crippen LogP contribution in [-0.4, -0.2) is 16.5 Å². The van der Waals surface area contributed by atoms with Gasteiger partial charge >= 0.3 is 0 Å². The first-order chi connectivity index (χ1) is 10.2. The van der Waals surface area contributed by atoms with Crippen LogP contribution in [0.2, 0.25) is 0 Å². The summed E-state index contributed by atoms with van der Waals surface area (Å²) in [6.45, 7) is 2.08. The minimum atomic E-state index is -0.873. The third-order valence-electron chi connectivity index (χ3n) is 4.22. The van der Waals surface area contributed by atoms with E-state index in [1.165, 1.54) is 22.3 Å². The van der Waals surface area contributed by atoms with E-state index in [1.807, 2.05) is 13.1 Å². The van der Waals surface area contributed by atoms with Crippen LogP contribution in [-0.2, 0) is 23.0 Å². The van der Waals surface area contributed by atoms with Crippen molar-refractivity contribution in [3.63, 3.8) is 0 Å². The van der Waals surface area contributed by atoms with Gasteiger partial charge < -0.3 is 5.32 Å².